The predicted octanol–water partition coefficient (Wildman–Crippen LogP) is 3.63. The highest BCUT2D eigenvalue weighted by Crippen LogP contribution is 2.48. The van der Waals surface area contributed by atoms with Crippen LogP contribution in [0.1, 0.15) is 37.2 Å². The molecule has 0 spiro atoms. The maximum absolute atomic E-state index is 5.88. The minimum atomic E-state index is -0.292. The van der Waals surface area contributed by atoms with Crippen LogP contribution in [0, 0.1) is 5.41 Å². The first-order valence-corrected chi connectivity index (χ1v) is 7.39. The van der Waals surface area contributed by atoms with Gasteiger partial charge in [0.05, 0.1) is 12.2 Å². The minimum Gasteiger partial charge on any atom is -0.456 e. The van der Waals surface area contributed by atoms with Crippen molar-refractivity contribution in [2.45, 2.75) is 26.1 Å². The van der Waals surface area contributed by atoms with Crippen LogP contribution in [0.15, 0.2) is 60.7 Å². The summed E-state index contributed by atoms with van der Waals surface area (Å²) in [5.74, 6) is 0. The van der Waals surface area contributed by atoms with Gasteiger partial charge < -0.3 is 13.9 Å². The number of hydrogen-bond donors (Lipinski definition) is 0. The van der Waals surface area contributed by atoms with Crippen molar-refractivity contribution in [1.29, 1.82) is 0 Å². The van der Waals surface area contributed by atoms with E-state index in [-0.39, 0.29) is 17.6 Å². The van der Waals surface area contributed by atoms with E-state index < -0.39 is 0 Å². The molecule has 2 radical (unpaired) electrons. The van der Waals surface area contributed by atoms with E-state index in [0.29, 0.717) is 0 Å². The van der Waals surface area contributed by atoms with Gasteiger partial charge in [-0.3, -0.25) is 0 Å². The molecule has 0 bridgehead atoms. The highest BCUT2D eigenvalue weighted by molar-refractivity contribution is 6.34. The molecule has 1 aliphatic heterocycles. The summed E-state index contributed by atoms with van der Waals surface area (Å²) in [7, 11) is 2.67. The number of rotatable bonds is 2. The van der Waals surface area contributed by atoms with Crippen molar-refractivity contribution in [3.05, 3.63) is 71.8 Å². The second kappa shape index (κ2) is 6.69. The monoisotopic (exact) mass is 292 g/mol. The molecule has 2 aromatic rings. The van der Waals surface area contributed by atoms with E-state index in [1.807, 2.05) is 36.4 Å². The predicted molar refractivity (Wildman–Crippen MR) is 86.9 cm³/mol. The lowest BCUT2D eigenvalue weighted by Gasteiger charge is -2.42. The van der Waals surface area contributed by atoms with E-state index in [4.69, 9.17) is 13.9 Å². The number of benzene rings is 2. The summed E-state index contributed by atoms with van der Waals surface area (Å²) >= 11 is 0. The van der Waals surface area contributed by atoms with Crippen LogP contribution in [0.2, 0.25) is 0 Å². The van der Waals surface area contributed by atoms with Crippen LogP contribution >= 0.6 is 0 Å². The summed E-state index contributed by atoms with van der Waals surface area (Å²) < 4.78 is 16.9. The first-order chi connectivity index (χ1) is 10.7. The minimum absolute atomic E-state index is 0.174. The molecule has 0 N–H and O–H groups in total. The first kappa shape index (κ1) is 15.3. The van der Waals surface area contributed by atoms with E-state index in [9.17, 15) is 0 Å². The molecule has 1 saturated heterocycles. The summed E-state index contributed by atoms with van der Waals surface area (Å²) in [6, 6.07) is 20.3. The molecule has 22 heavy (non-hydrogen) atoms. The Morgan fingerprint density at radius 1 is 0.727 bits per heavy atom. The highest BCUT2D eigenvalue weighted by atomic mass is 16.6. The highest BCUT2D eigenvalue weighted by Gasteiger charge is 2.42. The topological polar surface area (TPSA) is 27.7 Å². The third kappa shape index (κ3) is 3.12. The average molecular weight is 292 g/mol. The molecule has 110 valence electrons. The molecule has 2 unspecified atom stereocenters. The maximum Gasteiger partial charge on any atom is 0.473 e. The Kier molecular flexibility index (Phi) is 4.67. The van der Waals surface area contributed by atoms with Crippen molar-refractivity contribution in [3.8, 4) is 0 Å². The number of hydrogen-bond acceptors (Lipinski definition) is 3. The van der Waals surface area contributed by atoms with E-state index in [1.54, 1.807) is 0 Å². The van der Waals surface area contributed by atoms with Gasteiger partial charge in [0.2, 0.25) is 0 Å². The van der Waals surface area contributed by atoms with Gasteiger partial charge in [-0.2, -0.15) is 0 Å². The standard InChI is InChI=1S/C17H18B2O3/c1-17(2)15(13-9-5-3-6-10-13)20-18-22-19-21-16(17)14-11-7-4-8-12-14/h3-12,15-16H,1-2H3. The molecule has 3 nitrogen and oxygen atoms in total. The van der Waals surface area contributed by atoms with E-state index >= 15 is 0 Å². The van der Waals surface area contributed by atoms with Crippen LogP contribution in [0.5, 0.6) is 0 Å². The Balaban J connectivity index is 1.98. The molecule has 2 aromatic carbocycles. The molecule has 1 heterocycles. The van der Waals surface area contributed by atoms with Crippen molar-refractivity contribution in [1.82, 2.24) is 0 Å². The zero-order valence-corrected chi connectivity index (χ0v) is 12.8. The lowest BCUT2D eigenvalue weighted by Crippen LogP contribution is -2.37. The van der Waals surface area contributed by atoms with Crippen LogP contribution in [-0.4, -0.2) is 15.4 Å². The molecule has 0 amide bonds. The van der Waals surface area contributed by atoms with Gasteiger partial charge in [0, 0.05) is 5.41 Å². The summed E-state index contributed by atoms with van der Waals surface area (Å²) in [5.41, 5.74) is 1.90. The molecule has 3 rings (SSSR count). The summed E-state index contributed by atoms with van der Waals surface area (Å²) in [4.78, 5) is 0. The van der Waals surface area contributed by atoms with E-state index in [1.165, 1.54) is 15.4 Å². The van der Waals surface area contributed by atoms with Crippen molar-refractivity contribution in [2.24, 2.45) is 5.41 Å². The van der Waals surface area contributed by atoms with Gasteiger partial charge >= 0.3 is 15.4 Å². The Morgan fingerprint density at radius 3 is 1.55 bits per heavy atom. The Hall–Kier alpha value is -1.55. The van der Waals surface area contributed by atoms with Crippen LogP contribution in [-0.2, 0) is 13.9 Å². The smallest absolute Gasteiger partial charge is 0.456 e. The van der Waals surface area contributed by atoms with Crippen molar-refractivity contribution >= 4 is 15.4 Å². The van der Waals surface area contributed by atoms with Gasteiger partial charge in [-0.15, -0.1) is 0 Å². The summed E-state index contributed by atoms with van der Waals surface area (Å²) in [6.07, 6.45) is -0.347. The third-order valence-electron chi connectivity index (χ3n) is 4.05. The third-order valence-corrected chi connectivity index (χ3v) is 4.05. The van der Waals surface area contributed by atoms with E-state index in [2.05, 4.69) is 38.1 Å². The molecule has 0 aliphatic carbocycles. The van der Waals surface area contributed by atoms with Gasteiger partial charge in [0.25, 0.3) is 0 Å². The average Bonchev–Trinajstić information content (AvgIpc) is 2.54. The molecule has 0 aromatic heterocycles. The molecule has 1 fully saturated rings. The van der Waals surface area contributed by atoms with Crippen LogP contribution in [0.25, 0.3) is 0 Å². The zero-order valence-electron chi connectivity index (χ0n) is 12.8. The van der Waals surface area contributed by atoms with Crippen molar-refractivity contribution in [3.63, 3.8) is 0 Å². The van der Waals surface area contributed by atoms with Crippen LogP contribution in [0.3, 0.4) is 0 Å². The molecular formula is C17H18B2O3. The largest absolute Gasteiger partial charge is 0.473 e. The Bertz CT molecular complexity index is 538. The lowest BCUT2D eigenvalue weighted by atomic mass is 9.74. The van der Waals surface area contributed by atoms with Gasteiger partial charge in [0.15, 0.2) is 0 Å². The normalized spacial score (nSPS) is 24.5. The van der Waals surface area contributed by atoms with Gasteiger partial charge in [0.1, 0.15) is 0 Å². The summed E-state index contributed by atoms with van der Waals surface area (Å²) in [5, 5.41) is 0. The fourth-order valence-corrected chi connectivity index (χ4v) is 2.96. The molecule has 5 heteroatoms. The fraction of sp³-hybridized carbons (Fsp3) is 0.294. The maximum atomic E-state index is 5.88. The molecular weight excluding hydrogens is 274 g/mol. The SMILES string of the molecule is CC1(C)C(c2ccccc2)O[B]O[B]OC1c1ccccc1. The van der Waals surface area contributed by atoms with E-state index in [0.717, 1.165) is 11.1 Å². The quantitative estimate of drug-likeness (QED) is 0.791. The Labute approximate surface area is 133 Å². The summed E-state index contributed by atoms with van der Waals surface area (Å²) in [6.45, 7) is 4.30. The second-order valence-corrected chi connectivity index (χ2v) is 6.00. The lowest BCUT2D eigenvalue weighted by molar-refractivity contribution is -0.0459. The second-order valence-electron chi connectivity index (χ2n) is 6.00. The van der Waals surface area contributed by atoms with Gasteiger partial charge in [-0.1, -0.05) is 74.5 Å². The molecule has 2 atom stereocenters. The van der Waals surface area contributed by atoms with Gasteiger partial charge in [-0.05, 0) is 11.1 Å². The fourth-order valence-electron chi connectivity index (χ4n) is 2.96. The molecule has 0 saturated carbocycles. The van der Waals surface area contributed by atoms with Crippen LogP contribution in [0.4, 0.5) is 0 Å². The Morgan fingerprint density at radius 2 is 1.14 bits per heavy atom. The zero-order chi connectivity index (χ0) is 15.4. The van der Waals surface area contributed by atoms with Crippen molar-refractivity contribution in [2.75, 3.05) is 0 Å². The molecule has 1 aliphatic rings. The van der Waals surface area contributed by atoms with Crippen molar-refractivity contribution < 1.29 is 13.9 Å². The van der Waals surface area contributed by atoms with Crippen LogP contribution < -0.4 is 0 Å². The first-order valence-electron chi connectivity index (χ1n) is 7.39. The van der Waals surface area contributed by atoms with Gasteiger partial charge in [-0.25, -0.2) is 0 Å².